The van der Waals surface area contributed by atoms with Crippen molar-refractivity contribution in [3.05, 3.63) is 0 Å². The first kappa shape index (κ1) is 17.0. The molecule has 104 valence electrons. The number of hydrogen-bond donors (Lipinski definition) is 0. The Morgan fingerprint density at radius 3 is 1.29 bits per heavy atom. The van der Waals surface area contributed by atoms with Crippen LogP contribution in [-0.2, 0) is 0 Å². The van der Waals surface area contributed by atoms with E-state index in [2.05, 4.69) is 62.3 Å². The standard InChI is InChI=1S/C17H36/c1-11(2)10-13(5)15(7)17(9)16(8)14(6)12(3)4/h11-17H,10H2,1-9H3. The monoisotopic (exact) mass is 240 g/mol. The predicted octanol–water partition coefficient (Wildman–Crippen LogP) is 5.87. The van der Waals surface area contributed by atoms with Gasteiger partial charge in [0.05, 0.1) is 0 Å². The largest absolute Gasteiger partial charge is 0.0628 e. The highest BCUT2D eigenvalue weighted by Gasteiger charge is 2.28. The second kappa shape index (κ2) is 7.44. The summed E-state index contributed by atoms with van der Waals surface area (Å²) >= 11 is 0. The quantitative estimate of drug-likeness (QED) is 0.522. The Balaban J connectivity index is 4.42. The average Bonchev–Trinajstić information content (AvgIpc) is 2.23. The van der Waals surface area contributed by atoms with Crippen LogP contribution in [0.4, 0.5) is 0 Å². The summed E-state index contributed by atoms with van der Waals surface area (Å²) in [5.74, 6) is 5.83. The van der Waals surface area contributed by atoms with Crippen molar-refractivity contribution in [3.8, 4) is 0 Å². The van der Waals surface area contributed by atoms with E-state index in [0.717, 1.165) is 41.4 Å². The third kappa shape index (κ3) is 5.44. The van der Waals surface area contributed by atoms with Crippen LogP contribution in [-0.4, -0.2) is 0 Å². The first-order valence-corrected chi connectivity index (χ1v) is 7.68. The summed E-state index contributed by atoms with van der Waals surface area (Å²) in [6, 6.07) is 0. The van der Waals surface area contributed by atoms with Crippen molar-refractivity contribution < 1.29 is 0 Å². The Labute approximate surface area is 111 Å². The molecule has 5 unspecified atom stereocenters. The molecule has 0 aliphatic rings. The molecule has 0 aromatic heterocycles. The molecular weight excluding hydrogens is 204 g/mol. The maximum Gasteiger partial charge on any atom is -0.0386 e. The summed E-state index contributed by atoms with van der Waals surface area (Å²) in [4.78, 5) is 0. The predicted molar refractivity (Wildman–Crippen MR) is 80.1 cm³/mol. The summed E-state index contributed by atoms with van der Waals surface area (Å²) in [7, 11) is 0. The summed E-state index contributed by atoms with van der Waals surface area (Å²) in [6.45, 7) is 21.6. The van der Waals surface area contributed by atoms with Gasteiger partial charge in [0.25, 0.3) is 0 Å². The molecule has 0 aliphatic heterocycles. The minimum absolute atomic E-state index is 0.806. The van der Waals surface area contributed by atoms with Crippen molar-refractivity contribution in [3.63, 3.8) is 0 Å². The van der Waals surface area contributed by atoms with E-state index < -0.39 is 0 Å². The molecule has 17 heavy (non-hydrogen) atoms. The molecule has 0 saturated carbocycles. The van der Waals surface area contributed by atoms with Gasteiger partial charge in [-0.05, 0) is 47.8 Å². The maximum atomic E-state index is 2.46. The highest BCUT2D eigenvalue weighted by atomic mass is 14.3. The van der Waals surface area contributed by atoms with Crippen LogP contribution in [0.25, 0.3) is 0 Å². The zero-order valence-corrected chi connectivity index (χ0v) is 13.7. The van der Waals surface area contributed by atoms with E-state index in [1.165, 1.54) is 6.42 Å². The Morgan fingerprint density at radius 1 is 0.529 bits per heavy atom. The lowest BCUT2D eigenvalue weighted by atomic mass is 9.70. The summed E-state index contributed by atoms with van der Waals surface area (Å²) in [5, 5.41) is 0. The van der Waals surface area contributed by atoms with Crippen LogP contribution in [0.15, 0.2) is 0 Å². The Kier molecular flexibility index (Phi) is 7.44. The van der Waals surface area contributed by atoms with Crippen LogP contribution in [0, 0.1) is 41.4 Å². The first-order chi connectivity index (χ1) is 7.68. The molecule has 0 rings (SSSR count). The molecule has 0 nitrogen and oxygen atoms in total. The molecule has 0 bridgehead atoms. The van der Waals surface area contributed by atoms with Crippen LogP contribution >= 0.6 is 0 Å². The fourth-order valence-electron chi connectivity index (χ4n) is 3.04. The molecule has 0 amide bonds. The fourth-order valence-corrected chi connectivity index (χ4v) is 3.04. The zero-order chi connectivity index (χ0) is 13.7. The average molecular weight is 240 g/mol. The number of rotatable bonds is 7. The van der Waals surface area contributed by atoms with Gasteiger partial charge in [-0.3, -0.25) is 0 Å². The highest BCUT2D eigenvalue weighted by Crippen LogP contribution is 2.35. The molecule has 0 aromatic carbocycles. The first-order valence-electron chi connectivity index (χ1n) is 7.68. The van der Waals surface area contributed by atoms with Gasteiger partial charge in [-0.2, -0.15) is 0 Å². The van der Waals surface area contributed by atoms with Crippen LogP contribution in [0.3, 0.4) is 0 Å². The smallest absolute Gasteiger partial charge is 0.0386 e. The number of hydrogen-bond acceptors (Lipinski definition) is 0. The second-order valence-corrected chi connectivity index (χ2v) is 7.29. The molecule has 0 heteroatoms. The van der Waals surface area contributed by atoms with Crippen LogP contribution in [0.2, 0.25) is 0 Å². The minimum Gasteiger partial charge on any atom is -0.0628 e. The van der Waals surface area contributed by atoms with Gasteiger partial charge in [0.1, 0.15) is 0 Å². The van der Waals surface area contributed by atoms with Gasteiger partial charge in [-0.25, -0.2) is 0 Å². The van der Waals surface area contributed by atoms with E-state index in [-0.39, 0.29) is 0 Å². The molecule has 5 atom stereocenters. The fraction of sp³-hybridized carbons (Fsp3) is 1.00. The summed E-state index contributed by atoms with van der Waals surface area (Å²) in [5.41, 5.74) is 0. The molecule has 0 N–H and O–H groups in total. The zero-order valence-electron chi connectivity index (χ0n) is 13.7. The molecule has 0 aliphatic carbocycles. The third-order valence-electron chi connectivity index (χ3n) is 5.28. The third-order valence-corrected chi connectivity index (χ3v) is 5.28. The van der Waals surface area contributed by atoms with Gasteiger partial charge in [0.15, 0.2) is 0 Å². The Hall–Kier alpha value is 0. The van der Waals surface area contributed by atoms with Crippen LogP contribution in [0.1, 0.15) is 68.7 Å². The van der Waals surface area contributed by atoms with E-state index in [0.29, 0.717) is 0 Å². The SMILES string of the molecule is CC(C)CC(C)C(C)C(C)C(C)C(C)C(C)C. The normalized spacial score (nSPS) is 21.4. The molecule has 0 fully saturated rings. The van der Waals surface area contributed by atoms with Crippen LogP contribution < -0.4 is 0 Å². The van der Waals surface area contributed by atoms with Crippen molar-refractivity contribution in [1.29, 1.82) is 0 Å². The van der Waals surface area contributed by atoms with Crippen molar-refractivity contribution in [2.24, 2.45) is 41.4 Å². The lowest BCUT2D eigenvalue weighted by Gasteiger charge is -2.35. The van der Waals surface area contributed by atoms with Crippen molar-refractivity contribution in [1.82, 2.24) is 0 Å². The van der Waals surface area contributed by atoms with E-state index in [9.17, 15) is 0 Å². The van der Waals surface area contributed by atoms with Gasteiger partial charge in [-0.1, -0.05) is 62.3 Å². The lowest BCUT2D eigenvalue weighted by molar-refractivity contribution is 0.135. The summed E-state index contributed by atoms with van der Waals surface area (Å²) < 4.78 is 0. The van der Waals surface area contributed by atoms with Crippen LogP contribution in [0.5, 0.6) is 0 Å². The minimum atomic E-state index is 0.806. The van der Waals surface area contributed by atoms with Crippen molar-refractivity contribution in [2.45, 2.75) is 68.7 Å². The van der Waals surface area contributed by atoms with E-state index in [4.69, 9.17) is 0 Å². The molecule has 0 radical (unpaired) electrons. The lowest BCUT2D eigenvalue weighted by Crippen LogP contribution is -2.28. The van der Waals surface area contributed by atoms with Crippen molar-refractivity contribution >= 4 is 0 Å². The van der Waals surface area contributed by atoms with E-state index >= 15 is 0 Å². The van der Waals surface area contributed by atoms with Gasteiger partial charge in [0, 0.05) is 0 Å². The van der Waals surface area contributed by atoms with Gasteiger partial charge >= 0.3 is 0 Å². The molecular formula is C17H36. The molecule has 0 heterocycles. The Morgan fingerprint density at radius 2 is 0.941 bits per heavy atom. The van der Waals surface area contributed by atoms with E-state index in [1.54, 1.807) is 0 Å². The molecule has 0 spiro atoms. The van der Waals surface area contributed by atoms with Gasteiger partial charge < -0.3 is 0 Å². The molecule has 0 saturated heterocycles. The van der Waals surface area contributed by atoms with E-state index in [1.807, 2.05) is 0 Å². The van der Waals surface area contributed by atoms with Gasteiger partial charge in [-0.15, -0.1) is 0 Å². The highest BCUT2D eigenvalue weighted by molar-refractivity contribution is 4.77. The Bertz CT molecular complexity index is 192. The molecule has 0 aromatic rings. The summed E-state index contributed by atoms with van der Waals surface area (Å²) in [6.07, 6.45) is 1.37. The van der Waals surface area contributed by atoms with Gasteiger partial charge in [0.2, 0.25) is 0 Å². The topological polar surface area (TPSA) is 0 Å². The maximum absolute atomic E-state index is 2.46. The second-order valence-electron chi connectivity index (χ2n) is 7.29. The van der Waals surface area contributed by atoms with Crippen molar-refractivity contribution in [2.75, 3.05) is 0 Å².